The van der Waals surface area contributed by atoms with Crippen LogP contribution in [0.5, 0.6) is 0 Å². The van der Waals surface area contributed by atoms with Gasteiger partial charge in [-0.1, -0.05) is 64.8 Å². The first-order valence-corrected chi connectivity index (χ1v) is 12.6. The first kappa shape index (κ1) is 22.5. The molecule has 33 heavy (non-hydrogen) atoms. The van der Waals surface area contributed by atoms with Crippen LogP contribution < -0.4 is 10.2 Å². The molecule has 4 nitrogen and oxygen atoms in total. The van der Waals surface area contributed by atoms with Gasteiger partial charge in [0, 0.05) is 52.8 Å². The Bertz CT molecular complexity index is 1140. The lowest BCUT2D eigenvalue weighted by Crippen LogP contribution is -2.64. The number of nitrogens with one attached hydrogen (secondary N) is 1. The van der Waals surface area contributed by atoms with Gasteiger partial charge in [0.2, 0.25) is 0 Å². The van der Waals surface area contributed by atoms with E-state index < -0.39 is 5.66 Å². The van der Waals surface area contributed by atoms with Gasteiger partial charge in [0.15, 0.2) is 0 Å². The lowest BCUT2D eigenvalue weighted by molar-refractivity contribution is 0.0860. The normalized spacial score (nSPS) is 18.6. The first-order chi connectivity index (χ1) is 16.0. The number of likely N-dealkylation sites (tertiary alicyclic amines) is 1. The van der Waals surface area contributed by atoms with Crippen LogP contribution in [0.1, 0.15) is 48.1 Å². The summed E-state index contributed by atoms with van der Waals surface area (Å²) in [4.78, 5) is 18.3. The van der Waals surface area contributed by atoms with Crippen molar-refractivity contribution in [2.75, 3.05) is 23.3 Å². The number of carbonyl (C=O) groups excluding carboxylic acids is 1. The van der Waals surface area contributed by atoms with Crippen LogP contribution in [0.25, 0.3) is 0 Å². The molecule has 0 aliphatic carbocycles. The monoisotopic (exact) mass is 523 g/mol. The molecule has 6 heteroatoms. The fourth-order valence-corrected chi connectivity index (χ4v) is 5.80. The quantitative estimate of drug-likeness (QED) is 0.395. The number of amides is 1. The maximum absolute atomic E-state index is 13.8. The van der Waals surface area contributed by atoms with E-state index >= 15 is 0 Å². The number of hydrogen-bond acceptors (Lipinski definition) is 3. The molecule has 3 aromatic carbocycles. The number of anilines is 2. The van der Waals surface area contributed by atoms with Crippen LogP contribution in [0.4, 0.5) is 11.4 Å². The molecule has 170 valence electrons. The van der Waals surface area contributed by atoms with E-state index in [0.29, 0.717) is 16.6 Å². The highest BCUT2D eigenvalue weighted by Crippen LogP contribution is 2.43. The van der Waals surface area contributed by atoms with E-state index in [1.165, 1.54) is 5.56 Å². The largest absolute Gasteiger partial charge is 0.362 e. The summed E-state index contributed by atoms with van der Waals surface area (Å²) in [7, 11) is 0. The minimum absolute atomic E-state index is 0.0297. The van der Waals surface area contributed by atoms with Crippen molar-refractivity contribution in [1.29, 1.82) is 0 Å². The van der Waals surface area contributed by atoms with Crippen molar-refractivity contribution in [3.8, 4) is 0 Å². The number of hydrogen-bond donors (Lipinski definition) is 1. The molecule has 1 atom stereocenters. The van der Waals surface area contributed by atoms with Crippen LogP contribution in [0, 0.1) is 0 Å². The fourth-order valence-electron chi connectivity index (χ4n) is 5.32. The maximum atomic E-state index is 13.8. The molecule has 1 saturated heterocycles. The minimum Gasteiger partial charge on any atom is -0.362 e. The van der Waals surface area contributed by atoms with Crippen molar-refractivity contribution in [3.05, 3.63) is 93.4 Å². The standard InChI is InChI=1S/C27H27BrClN3O/c1-2-25(19-6-4-3-5-7-19)31-16-14-27(15-17-31)30-24-18-20(28)8-13-23(24)26(33)32(27)22-11-9-21(29)10-12-22/h3-13,18,25,30H,2,14-17H2,1H3. The summed E-state index contributed by atoms with van der Waals surface area (Å²) in [6, 6.07) is 24.5. The van der Waals surface area contributed by atoms with Crippen molar-refractivity contribution in [2.24, 2.45) is 0 Å². The predicted octanol–water partition coefficient (Wildman–Crippen LogP) is 7.12. The Labute approximate surface area is 208 Å². The SMILES string of the molecule is CCC(c1ccccc1)N1CCC2(CC1)Nc1cc(Br)ccc1C(=O)N2c1ccc(Cl)cc1. The molecule has 1 unspecified atom stereocenters. The lowest BCUT2D eigenvalue weighted by atomic mass is 9.88. The number of nitrogens with zero attached hydrogens (tertiary/aromatic N) is 2. The average molecular weight is 525 g/mol. The summed E-state index contributed by atoms with van der Waals surface area (Å²) in [5.41, 5.74) is 3.33. The van der Waals surface area contributed by atoms with Gasteiger partial charge in [0.05, 0.1) is 5.56 Å². The highest BCUT2D eigenvalue weighted by molar-refractivity contribution is 9.10. The van der Waals surface area contributed by atoms with Crippen molar-refractivity contribution in [2.45, 2.75) is 37.9 Å². The van der Waals surface area contributed by atoms with Gasteiger partial charge in [-0.3, -0.25) is 14.6 Å². The molecular formula is C27H27BrClN3O. The highest BCUT2D eigenvalue weighted by atomic mass is 79.9. The Balaban J connectivity index is 1.49. The zero-order valence-electron chi connectivity index (χ0n) is 18.6. The van der Waals surface area contributed by atoms with Gasteiger partial charge in [-0.15, -0.1) is 0 Å². The molecule has 0 bridgehead atoms. The molecule has 1 spiro atoms. The number of fused-ring (bicyclic) bond motifs is 1. The molecule has 0 saturated carbocycles. The molecule has 2 aliphatic heterocycles. The van der Waals surface area contributed by atoms with E-state index in [1.54, 1.807) is 0 Å². The number of rotatable bonds is 4. The van der Waals surface area contributed by atoms with Crippen LogP contribution >= 0.6 is 27.5 Å². The summed E-state index contributed by atoms with van der Waals surface area (Å²) >= 11 is 9.73. The van der Waals surface area contributed by atoms with Gasteiger partial charge >= 0.3 is 0 Å². The zero-order valence-corrected chi connectivity index (χ0v) is 20.9. The van der Waals surface area contributed by atoms with E-state index in [-0.39, 0.29) is 5.91 Å². The molecule has 1 fully saturated rings. The van der Waals surface area contributed by atoms with E-state index in [9.17, 15) is 4.79 Å². The van der Waals surface area contributed by atoms with Crippen LogP contribution in [0.15, 0.2) is 77.3 Å². The Kier molecular flexibility index (Phi) is 6.21. The number of halogens is 2. The average Bonchev–Trinajstić information content (AvgIpc) is 2.82. The Morgan fingerprint density at radius 1 is 1.03 bits per heavy atom. The Morgan fingerprint density at radius 3 is 2.39 bits per heavy atom. The third kappa shape index (κ3) is 4.18. The molecule has 0 radical (unpaired) electrons. The van der Waals surface area contributed by atoms with E-state index in [0.717, 1.165) is 48.2 Å². The van der Waals surface area contributed by atoms with Crippen LogP contribution in [-0.2, 0) is 0 Å². The van der Waals surface area contributed by atoms with Crippen LogP contribution in [-0.4, -0.2) is 29.6 Å². The van der Waals surface area contributed by atoms with Crippen molar-refractivity contribution >= 4 is 44.8 Å². The molecule has 1 amide bonds. The van der Waals surface area contributed by atoms with E-state index in [1.807, 2.05) is 47.4 Å². The van der Waals surface area contributed by atoms with Gasteiger partial charge in [-0.05, 0) is 54.4 Å². The first-order valence-electron chi connectivity index (χ1n) is 11.5. The molecule has 1 N–H and O–H groups in total. The van der Waals surface area contributed by atoms with E-state index in [2.05, 4.69) is 63.4 Å². The maximum Gasteiger partial charge on any atom is 0.262 e. The lowest BCUT2D eigenvalue weighted by Gasteiger charge is -2.53. The zero-order chi connectivity index (χ0) is 23.0. The van der Waals surface area contributed by atoms with Gasteiger partial charge < -0.3 is 5.32 Å². The predicted molar refractivity (Wildman–Crippen MR) is 139 cm³/mol. The summed E-state index contributed by atoms with van der Waals surface area (Å²) < 4.78 is 0.962. The van der Waals surface area contributed by atoms with Crippen molar-refractivity contribution < 1.29 is 4.79 Å². The number of piperidine rings is 1. The third-order valence-electron chi connectivity index (χ3n) is 6.93. The summed E-state index contributed by atoms with van der Waals surface area (Å²) in [6.45, 7) is 4.06. The second-order valence-corrected chi connectivity index (χ2v) is 10.2. The van der Waals surface area contributed by atoms with Crippen molar-refractivity contribution in [1.82, 2.24) is 4.90 Å². The fraction of sp³-hybridized carbons (Fsp3) is 0.296. The second kappa shape index (κ2) is 9.13. The highest BCUT2D eigenvalue weighted by Gasteiger charge is 2.48. The van der Waals surface area contributed by atoms with E-state index in [4.69, 9.17) is 11.6 Å². The molecule has 2 aliphatic rings. The number of benzene rings is 3. The van der Waals surface area contributed by atoms with Crippen LogP contribution in [0.2, 0.25) is 5.02 Å². The molecule has 3 aromatic rings. The Hall–Kier alpha value is -2.34. The smallest absolute Gasteiger partial charge is 0.262 e. The Morgan fingerprint density at radius 2 is 1.73 bits per heavy atom. The van der Waals surface area contributed by atoms with Crippen LogP contribution in [0.3, 0.4) is 0 Å². The second-order valence-electron chi connectivity index (χ2n) is 8.83. The molecule has 0 aromatic heterocycles. The van der Waals surface area contributed by atoms with Gasteiger partial charge in [-0.25, -0.2) is 0 Å². The molecule has 2 heterocycles. The minimum atomic E-state index is -0.482. The van der Waals surface area contributed by atoms with Crippen molar-refractivity contribution in [3.63, 3.8) is 0 Å². The van der Waals surface area contributed by atoms with Gasteiger partial charge in [-0.2, -0.15) is 0 Å². The third-order valence-corrected chi connectivity index (χ3v) is 7.68. The molecular weight excluding hydrogens is 498 g/mol. The van der Waals surface area contributed by atoms with Gasteiger partial charge in [0.25, 0.3) is 5.91 Å². The number of carbonyl (C=O) groups is 1. The summed E-state index contributed by atoms with van der Waals surface area (Å²) in [5.74, 6) is 0.0297. The molecule has 5 rings (SSSR count). The van der Waals surface area contributed by atoms with Gasteiger partial charge in [0.1, 0.15) is 5.66 Å². The summed E-state index contributed by atoms with van der Waals surface area (Å²) in [5, 5.41) is 4.44. The topological polar surface area (TPSA) is 35.6 Å². The summed E-state index contributed by atoms with van der Waals surface area (Å²) in [6.07, 6.45) is 2.72.